The summed E-state index contributed by atoms with van der Waals surface area (Å²) in [5.41, 5.74) is 2.23. The van der Waals surface area contributed by atoms with Gasteiger partial charge in [0.15, 0.2) is 0 Å². The first-order chi connectivity index (χ1) is 11.0. The lowest BCUT2D eigenvalue weighted by atomic mass is 10.1. The maximum Gasteiger partial charge on any atom is 0.258 e. The van der Waals surface area contributed by atoms with Gasteiger partial charge in [-0.25, -0.2) is 0 Å². The van der Waals surface area contributed by atoms with Gasteiger partial charge in [-0.15, -0.1) is 10.2 Å². The van der Waals surface area contributed by atoms with Crippen molar-refractivity contribution >= 4 is 33.3 Å². The summed E-state index contributed by atoms with van der Waals surface area (Å²) in [6.45, 7) is 6.14. The van der Waals surface area contributed by atoms with Crippen LogP contribution in [0.15, 0.2) is 30.3 Å². The lowest BCUT2D eigenvalue weighted by molar-refractivity contribution is 0.102. The number of nitrogens with zero attached hydrogens (tertiary/aromatic N) is 3. The molecular weight excluding hydrogens is 308 g/mol. The minimum Gasteiger partial charge on any atom is -0.296 e. The van der Waals surface area contributed by atoms with Crippen LogP contribution in [0.25, 0.3) is 10.9 Å². The first-order valence-corrected chi connectivity index (χ1v) is 8.34. The van der Waals surface area contributed by atoms with Crippen LogP contribution in [0.4, 0.5) is 5.13 Å². The molecule has 0 aliphatic heterocycles. The molecule has 2 aromatic heterocycles. The standard InChI is InChI=1S/C17H18N4OS/c1-10(2)8-15-20-21-17(23-15)19-16(22)13-9-11(3)18-14-7-5-4-6-12(13)14/h4-7,9-10H,8H2,1-3H3,(H,19,21,22). The number of nitrogens with one attached hydrogen (secondary N) is 1. The number of carbonyl (C=O) groups is 1. The predicted molar refractivity (Wildman–Crippen MR) is 92.9 cm³/mol. The van der Waals surface area contributed by atoms with E-state index in [-0.39, 0.29) is 5.91 Å². The normalized spacial score (nSPS) is 11.1. The molecule has 1 N–H and O–H groups in total. The molecule has 5 nitrogen and oxygen atoms in total. The fourth-order valence-electron chi connectivity index (χ4n) is 2.40. The van der Waals surface area contributed by atoms with Crippen LogP contribution < -0.4 is 5.32 Å². The molecule has 0 fully saturated rings. The molecule has 1 aromatic carbocycles. The van der Waals surface area contributed by atoms with Crippen molar-refractivity contribution in [3.8, 4) is 0 Å². The van der Waals surface area contributed by atoms with Gasteiger partial charge < -0.3 is 0 Å². The topological polar surface area (TPSA) is 67.8 Å². The molecule has 2 heterocycles. The number of hydrogen-bond donors (Lipinski definition) is 1. The largest absolute Gasteiger partial charge is 0.296 e. The fraction of sp³-hybridized carbons (Fsp3) is 0.294. The summed E-state index contributed by atoms with van der Waals surface area (Å²) in [4.78, 5) is 17.1. The van der Waals surface area contributed by atoms with Crippen molar-refractivity contribution < 1.29 is 4.79 Å². The molecule has 0 aliphatic carbocycles. The third kappa shape index (κ3) is 3.53. The monoisotopic (exact) mass is 326 g/mol. The Morgan fingerprint density at radius 3 is 2.83 bits per heavy atom. The molecule has 0 aliphatic rings. The first kappa shape index (κ1) is 15.6. The highest BCUT2D eigenvalue weighted by molar-refractivity contribution is 7.15. The molecule has 1 amide bonds. The molecular formula is C17H18N4OS. The van der Waals surface area contributed by atoms with Gasteiger partial charge in [0, 0.05) is 17.5 Å². The average Bonchev–Trinajstić information content (AvgIpc) is 2.92. The highest BCUT2D eigenvalue weighted by atomic mass is 32.1. The van der Waals surface area contributed by atoms with Crippen LogP contribution in [0.5, 0.6) is 0 Å². The van der Waals surface area contributed by atoms with E-state index in [1.165, 1.54) is 11.3 Å². The Bertz CT molecular complexity index is 857. The number of benzene rings is 1. The number of aromatic nitrogens is 3. The van der Waals surface area contributed by atoms with Gasteiger partial charge >= 0.3 is 0 Å². The van der Waals surface area contributed by atoms with E-state index in [2.05, 4.69) is 34.3 Å². The van der Waals surface area contributed by atoms with Crippen LogP contribution >= 0.6 is 11.3 Å². The maximum absolute atomic E-state index is 12.6. The molecule has 0 spiro atoms. The highest BCUT2D eigenvalue weighted by Crippen LogP contribution is 2.22. The summed E-state index contributed by atoms with van der Waals surface area (Å²) in [5.74, 6) is 0.331. The van der Waals surface area contributed by atoms with E-state index < -0.39 is 0 Å². The van der Waals surface area contributed by atoms with Crippen LogP contribution in [-0.2, 0) is 6.42 Å². The molecule has 0 atom stereocenters. The summed E-state index contributed by atoms with van der Waals surface area (Å²) < 4.78 is 0. The second-order valence-corrected chi connectivity index (χ2v) is 6.94. The quantitative estimate of drug-likeness (QED) is 0.791. The van der Waals surface area contributed by atoms with Crippen molar-refractivity contribution in [3.05, 3.63) is 46.6 Å². The van der Waals surface area contributed by atoms with Crippen LogP contribution in [0.2, 0.25) is 0 Å². The van der Waals surface area contributed by atoms with Crippen molar-refractivity contribution in [1.82, 2.24) is 15.2 Å². The van der Waals surface area contributed by atoms with Crippen molar-refractivity contribution in [2.45, 2.75) is 27.2 Å². The summed E-state index contributed by atoms with van der Waals surface area (Å²) in [5, 5.41) is 13.3. The Morgan fingerprint density at radius 1 is 1.26 bits per heavy atom. The Kier molecular flexibility index (Phi) is 4.34. The smallest absolute Gasteiger partial charge is 0.258 e. The number of rotatable bonds is 4. The van der Waals surface area contributed by atoms with Crippen LogP contribution in [-0.4, -0.2) is 21.1 Å². The van der Waals surface area contributed by atoms with Gasteiger partial charge in [0.1, 0.15) is 5.01 Å². The number of fused-ring (bicyclic) bond motifs is 1. The third-order valence-corrected chi connectivity index (χ3v) is 4.22. The van der Waals surface area contributed by atoms with Gasteiger partial charge in [-0.2, -0.15) is 0 Å². The molecule has 0 unspecified atom stereocenters. The van der Waals surface area contributed by atoms with Crippen molar-refractivity contribution in [2.24, 2.45) is 5.92 Å². The number of hydrogen-bond acceptors (Lipinski definition) is 5. The molecule has 3 rings (SSSR count). The molecule has 6 heteroatoms. The fourth-order valence-corrected chi connectivity index (χ4v) is 3.34. The summed E-state index contributed by atoms with van der Waals surface area (Å²) >= 11 is 1.42. The van der Waals surface area contributed by atoms with Crippen LogP contribution in [0.3, 0.4) is 0 Å². The summed E-state index contributed by atoms with van der Waals surface area (Å²) in [6.07, 6.45) is 0.866. The van der Waals surface area contributed by atoms with E-state index in [9.17, 15) is 4.79 Å². The first-order valence-electron chi connectivity index (χ1n) is 7.53. The minimum absolute atomic E-state index is 0.182. The Morgan fingerprint density at radius 2 is 2.04 bits per heavy atom. The zero-order valence-corrected chi connectivity index (χ0v) is 14.1. The lowest BCUT2D eigenvalue weighted by Gasteiger charge is -2.07. The predicted octanol–water partition coefficient (Wildman–Crippen LogP) is 3.85. The molecule has 0 saturated carbocycles. The number of carbonyl (C=O) groups excluding carboxylic acids is 1. The number of para-hydroxylation sites is 1. The van der Waals surface area contributed by atoms with Gasteiger partial charge in [-0.3, -0.25) is 15.1 Å². The van der Waals surface area contributed by atoms with Crippen molar-refractivity contribution in [1.29, 1.82) is 0 Å². The van der Waals surface area contributed by atoms with Crippen LogP contribution in [0, 0.1) is 12.8 Å². The summed E-state index contributed by atoms with van der Waals surface area (Å²) in [7, 11) is 0. The minimum atomic E-state index is -0.182. The number of pyridine rings is 1. The SMILES string of the molecule is Cc1cc(C(=O)Nc2nnc(CC(C)C)s2)c2ccccc2n1. The van der Waals surface area contributed by atoms with Crippen molar-refractivity contribution in [2.75, 3.05) is 5.32 Å². The van der Waals surface area contributed by atoms with E-state index in [1.54, 1.807) is 6.07 Å². The van der Waals surface area contributed by atoms with E-state index in [1.807, 2.05) is 31.2 Å². The number of amides is 1. The van der Waals surface area contributed by atoms with Crippen LogP contribution in [0.1, 0.15) is 34.9 Å². The van der Waals surface area contributed by atoms with Gasteiger partial charge in [-0.1, -0.05) is 43.4 Å². The molecule has 0 bridgehead atoms. The van der Waals surface area contributed by atoms with Crippen molar-refractivity contribution in [3.63, 3.8) is 0 Å². The van der Waals surface area contributed by atoms with E-state index >= 15 is 0 Å². The average molecular weight is 326 g/mol. The molecule has 0 saturated heterocycles. The van der Waals surface area contributed by atoms with Gasteiger partial charge in [-0.05, 0) is 25.0 Å². The molecule has 118 valence electrons. The zero-order valence-electron chi connectivity index (χ0n) is 13.3. The lowest BCUT2D eigenvalue weighted by Crippen LogP contribution is -2.13. The summed E-state index contributed by atoms with van der Waals surface area (Å²) in [6, 6.07) is 9.43. The Labute approximate surface area is 138 Å². The third-order valence-electron chi connectivity index (χ3n) is 3.36. The molecule has 23 heavy (non-hydrogen) atoms. The second-order valence-electron chi connectivity index (χ2n) is 5.88. The van der Waals surface area contributed by atoms with Gasteiger partial charge in [0.25, 0.3) is 5.91 Å². The number of anilines is 1. The second kappa shape index (κ2) is 6.42. The van der Waals surface area contributed by atoms with E-state index in [4.69, 9.17) is 0 Å². The Balaban J connectivity index is 1.87. The van der Waals surface area contributed by atoms with E-state index in [0.717, 1.165) is 28.0 Å². The molecule has 0 radical (unpaired) electrons. The molecule has 3 aromatic rings. The highest BCUT2D eigenvalue weighted by Gasteiger charge is 2.14. The van der Waals surface area contributed by atoms with Gasteiger partial charge in [0.2, 0.25) is 5.13 Å². The van der Waals surface area contributed by atoms with E-state index in [0.29, 0.717) is 16.6 Å². The van der Waals surface area contributed by atoms with Gasteiger partial charge in [0.05, 0.1) is 11.1 Å². The number of aryl methyl sites for hydroxylation is 1. The Hall–Kier alpha value is -2.34. The maximum atomic E-state index is 12.6. The zero-order chi connectivity index (χ0) is 16.4.